The van der Waals surface area contributed by atoms with Crippen molar-refractivity contribution in [2.24, 2.45) is 0 Å². The highest BCUT2D eigenvalue weighted by Gasteiger charge is 2.18. The third-order valence-corrected chi connectivity index (χ3v) is 3.18. The van der Waals surface area contributed by atoms with E-state index in [4.69, 9.17) is 15.8 Å². The van der Waals surface area contributed by atoms with Crippen LogP contribution >= 0.6 is 11.6 Å². The summed E-state index contributed by atoms with van der Waals surface area (Å²) in [5, 5.41) is 0.324. The number of benzene rings is 2. The van der Waals surface area contributed by atoms with Crippen molar-refractivity contribution in [2.75, 3.05) is 6.26 Å². The highest BCUT2D eigenvalue weighted by molar-refractivity contribution is 7.86. The van der Waals surface area contributed by atoms with E-state index in [9.17, 15) is 13.2 Å². The molecule has 0 heterocycles. The highest BCUT2D eigenvalue weighted by Crippen LogP contribution is 2.26. The molecule has 0 spiro atoms. The number of ketones is 1. The molecule has 0 atom stereocenters. The molecule has 0 aliphatic rings. The predicted octanol–water partition coefficient (Wildman–Crippen LogP) is 2.91. The second kappa shape index (κ2) is 5.64. The Labute approximate surface area is 122 Å². The molecule has 0 aliphatic carbocycles. The Balaban J connectivity index is 2.50. The second-order valence-electron chi connectivity index (χ2n) is 4.12. The highest BCUT2D eigenvalue weighted by atomic mass is 35.5. The van der Waals surface area contributed by atoms with Gasteiger partial charge in [-0.25, -0.2) is 0 Å². The van der Waals surface area contributed by atoms with Crippen LogP contribution in [0.15, 0.2) is 48.5 Å². The SMILES string of the molecule is CS(=O)(=O)Oc1ccc(Cl)cc1C(=O)c1ccccc1. The molecular formula is C14H11ClO4S. The summed E-state index contributed by atoms with van der Waals surface area (Å²) in [6, 6.07) is 12.7. The van der Waals surface area contributed by atoms with E-state index in [-0.39, 0.29) is 17.1 Å². The fourth-order valence-corrected chi connectivity index (χ4v) is 2.30. The van der Waals surface area contributed by atoms with Crippen molar-refractivity contribution in [3.05, 3.63) is 64.7 Å². The molecule has 0 aliphatic heterocycles. The first-order valence-electron chi connectivity index (χ1n) is 5.65. The molecule has 2 aromatic carbocycles. The maximum absolute atomic E-state index is 12.4. The van der Waals surface area contributed by atoms with Crippen LogP contribution in [0.5, 0.6) is 5.75 Å². The molecular weight excluding hydrogens is 300 g/mol. The maximum Gasteiger partial charge on any atom is 0.306 e. The van der Waals surface area contributed by atoms with E-state index < -0.39 is 10.1 Å². The first kappa shape index (κ1) is 14.6. The standard InChI is InChI=1S/C14H11ClO4S/c1-20(17,18)19-13-8-7-11(15)9-12(13)14(16)10-5-3-2-4-6-10/h2-9H,1H3. The van der Waals surface area contributed by atoms with Gasteiger partial charge in [-0.15, -0.1) is 0 Å². The van der Waals surface area contributed by atoms with Crippen LogP contribution < -0.4 is 4.18 Å². The molecule has 0 aromatic heterocycles. The molecule has 0 saturated carbocycles. The average molecular weight is 311 g/mol. The predicted molar refractivity (Wildman–Crippen MR) is 76.8 cm³/mol. The molecule has 2 rings (SSSR count). The van der Waals surface area contributed by atoms with E-state index in [0.29, 0.717) is 10.6 Å². The normalized spacial score (nSPS) is 11.1. The van der Waals surface area contributed by atoms with Crippen LogP contribution in [0.25, 0.3) is 0 Å². The van der Waals surface area contributed by atoms with Crippen molar-refractivity contribution in [1.29, 1.82) is 0 Å². The lowest BCUT2D eigenvalue weighted by Crippen LogP contribution is -2.10. The zero-order valence-electron chi connectivity index (χ0n) is 10.5. The minimum absolute atomic E-state index is 0.0363. The van der Waals surface area contributed by atoms with Gasteiger partial charge in [-0.05, 0) is 18.2 Å². The van der Waals surface area contributed by atoms with Crippen molar-refractivity contribution < 1.29 is 17.4 Å². The number of hydrogen-bond acceptors (Lipinski definition) is 4. The molecule has 0 fully saturated rings. The summed E-state index contributed by atoms with van der Waals surface area (Å²) in [6.07, 6.45) is 0.915. The van der Waals surface area contributed by atoms with Crippen molar-refractivity contribution in [1.82, 2.24) is 0 Å². The zero-order valence-corrected chi connectivity index (χ0v) is 12.1. The summed E-state index contributed by atoms with van der Waals surface area (Å²) < 4.78 is 27.3. The van der Waals surface area contributed by atoms with Crippen LogP contribution in [0.4, 0.5) is 0 Å². The summed E-state index contributed by atoms with van der Waals surface area (Å²) in [7, 11) is -3.72. The average Bonchev–Trinajstić information content (AvgIpc) is 2.39. The fraction of sp³-hybridized carbons (Fsp3) is 0.0714. The molecule has 0 amide bonds. The molecule has 0 radical (unpaired) electrons. The molecule has 104 valence electrons. The van der Waals surface area contributed by atoms with Gasteiger partial charge < -0.3 is 4.18 Å². The van der Waals surface area contributed by atoms with Gasteiger partial charge in [-0.3, -0.25) is 4.79 Å². The van der Waals surface area contributed by atoms with Crippen molar-refractivity contribution in [3.8, 4) is 5.75 Å². The van der Waals surface area contributed by atoms with E-state index in [1.54, 1.807) is 30.3 Å². The molecule has 0 saturated heterocycles. The summed E-state index contributed by atoms with van der Waals surface area (Å²) in [5.41, 5.74) is 0.530. The lowest BCUT2D eigenvalue weighted by atomic mass is 10.0. The summed E-state index contributed by atoms with van der Waals surface area (Å²) in [4.78, 5) is 12.4. The van der Waals surface area contributed by atoms with Crippen LogP contribution in [-0.2, 0) is 10.1 Å². The van der Waals surface area contributed by atoms with E-state index in [2.05, 4.69) is 0 Å². The molecule has 2 aromatic rings. The van der Waals surface area contributed by atoms with Gasteiger partial charge in [0.15, 0.2) is 11.5 Å². The minimum atomic E-state index is -3.72. The topological polar surface area (TPSA) is 60.4 Å². The van der Waals surface area contributed by atoms with Crippen LogP contribution in [0.1, 0.15) is 15.9 Å². The largest absolute Gasteiger partial charge is 0.382 e. The van der Waals surface area contributed by atoms with E-state index >= 15 is 0 Å². The first-order chi connectivity index (χ1) is 9.37. The second-order valence-corrected chi connectivity index (χ2v) is 6.13. The van der Waals surface area contributed by atoms with Crippen LogP contribution in [0, 0.1) is 0 Å². The Bertz CT molecular complexity index is 739. The minimum Gasteiger partial charge on any atom is -0.382 e. The van der Waals surface area contributed by atoms with Gasteiger partial charge in [0.25, 0.3) is 0 Å². The Morgan fingerprint density at radius 2 is 1.75 bits per heavy atom. The van der Waals surface area contributed by atoms with Gasteiger partial charge >= 0.3 is 10.1 Å². The smallest absolute Gasteiger partial charge is 0.306 e. The first-order valence-corrected chi connectivity index (χ1v) is 7.85. The van der Waals surface area contributed by atoms with Crippen LogP contribution in [-0.4, -0.2) is 20.5 Å². The van der Waals surface area contributed by atoms with Crippen molar-refractivity contribution in [2.45, 2.75) is 0 Å². The lowest BCUT2D eigenvalue weighted by molar-refractivity contribution is 0.103. The Kier molecular flexibility index (Phi) is 4.11. The van der Waals surface area contributed by atoms with Gasteiger partial charge in [0.2, 0.25) is 0 Å². The fourth-order valence-electron chi connectivity index (χ4n) is 1.66. The third kappa shape index (κ3) is 3.59. The van der Waals surface area contributed by atoms with Gasteiger partial charge in [0.1, 0.15) is 0 Å². The van der Waals surface area contributed by atoms with E-state index in [0.717, 1.165) is 6.26 Å². The van der Waals surface area contributed by atoms with Gasteiger partial charge in [-0.2, -0.15) is 8.42 Å². The molecule has 0 N–H and O–H groups in total. The number of rotatable bonds is 4. The molecule has 0 unspecified atom stereocenters. The summed E-state index contributed by atoms with van der Waals surface area (Å²) >= 11 is 5.86. The van der Waals surface area contributed by atoms with Gasteiger partial charge in [0, 0.05) is 10.6 Å². The van der Waals surface area contributed by atoms with Crippen molar-refractivity contribution in [3.63, 3.8) is 0 Å². The Hall–Kier alpha value is -1.85. The Morgan fingerprint density at radius 3 is 2.35 bits per heavy atom. The summed E-state index contributed by atoms with van der Waals surface area (Å²) in [5.74, 6) is -0.391. The Morgan fingerprint density at radius 1 is 1.10 bits per heavy atom. The van der Waals surface area contributed by atoms with Gasteiger partial charge in [0.05, 0.1) is 11.8 Å². The van der Waals surface area contributed by atoms with Crippen LogP contribution in [0.2, 0.25) is 5.02 Å². The number of hydrogen-bond donors (Lipinski definition) is 0. The lowest BCUT2D eigenvalue weighted by Gasteiger charge is -2.09. The molecule has 0 bridgehead atoms. The molecule has 20 heavy (non-hydrogen) atoms. The third-order valence-electron chi connectivity index (χ3n) is 2.46. The molecule has 6 heteroatoms. The maximum atomic E-state index is 12.4. The summed E-state index contributed by atoms with van der Waals surface area (Å²) in [6.45, 7) is 0. The van der Waals surface area contributed by atoms with Crippen molar-refractivity contribution >= 4 is 27.5 Å². The number of carbonyl (C=O) groups is 1. The van der Waals surface area contributed by atoms with Crippen LogP contribution in [0.3, 0.4) is 0 Å². The monoisotopic (exact) mass is 310 g/mol. The number of carbonyl (C=O) groups excluding carboxylic acids is 1. The van der Waals surface area contributed by atoms with Gasteiger partial charge in [-0.1, -0.05) is 41.9 Å². The zero-order chi connectivity index (χ0) is 14.8. The van der Waals surface area contributed by atoms with E-state index in [1.807, 2.05) is 0 Å². The molecule has 4 nitrogen and oxygen atoms in total. The van der Waals surface area contributed by atoms with E-state index in [1.165, 1.54) is 18.2 Å². The quantitative estimate of drug-likeness (QED) is 0.643. The number of halogens is 1.